The number of hydrogen-bond donors (Lipinski definition) is 1. The predicted octanol–water partition coefficient (Wildman–Crippen LogP) is 2.74. The smallest absolute Gasteiger partial charge is 0.350 e. The largest absolute Gasteiger partial charge is 0.352 e. The number of carbonyl (C=O) groups is 1. The second kappa shape index (κ2) is 10.3. The zero-order valence-electron chi connectivity index (χ0n) is 20.0. The van der Waals surface area contributed by atoms with Gasteiger partial charge in [-0.3, -0.25) is 19.1 Å². The minimum absolute atomic E-state index is 0.0273. The highest BCUT2D eigenvalue weighted by molar-refractivity contribution is 5.91. The number of nitrogens with zero attached hydrogens (tertiary/aromatic N) is 4. The maximum Gasteiger partial charge on any atom is 0.352 e. The number of pyridine rings is 1. The first-order chi connectivity index (χ1) is 16.8. The molecular formula is C27H27N5O3. The van der Waals surface area contributed by atoms with Gasteiger partial charge in [-0.15, -0.1) is 0 Å². The Balaban J connectivity index is 1.73. The lowest BCUT2D eigenvalue weighted by Gasteiger charge is -2.13. The maximum absolute atomic E-state index is 13.4. The summed E-state index contributed by atoms with van der Waals surface area (Å²) in [5.74, 6) is -0.638. The van der Waals surface area contributed by atoms with Gasteiger partial charge in [-0.2, -0.15) is 9.78 Å². The Morgan fingerprint density at radius 3 is 2.40 bits per heavy atom. The molecule has 4 aromatic rings. The van der Waals surface area contributed by atoms with E-state index in [2.05, 4.69) is 15.4 Å². The van der Waals surface area contributed by atoms with Crippen molar-refractivity contribution >= 4 is 5.91 Å². The molecule has 0 radical (unpaired) electrons. The highest BCUT2D eigenvalue weighted by atomic mass is 16.2. The van der Waals surface area contributed by atoms with Crippen LogP contribution in [0.5, 0.6) is 0 Å². The van der Waals surface area contributed by atoms with Crippen LogP contribution < -0.4 is 16.6 Å². The number of hydrogen-bond acceptors (Lipinski definition) is 5. The van der Waals surface area contributed by atoms with E-state index in [-0.39, 0.29) is 18.8 Å². The number of benzene rings is 2. The molecular weight excluding hydrogens is 442 g/mol. The Morgan fingerprint density at radius 1 is 0.943 bits per heavy atom. The van der Waals surface area contributed by atoms with E-state index in [4.69, 9.17) is 0 Å². The summed E-state index contributed by atoms with van der Waals surface area (Å²) >= 11 is 0. The summed E-state index contributed by atoms with van der Waals surface area (Å²) in [5.41, 5.74) is 3.49. The van der Waals surface area contributed by atoms with Crippen molar-refractivity contribution in [2.24, 2.45) is 0 Å². The number of carbonyl (C=O) groups excluding carboxylic acids is 1. The van der Waals surface area contributed by atoms with E-state index in [1.54, 1.807) is 12.3 Å². The SMILES string of the molecule is Cc1ccc(Cn2c(=O)c(C(=O)NCCc3ccccn3)nn(-c3ccc(C)c(C)c3)c2=O)cc1. The molecule has 0 unspecified atom stereocenters. The van der Waals surface area contributed by atoms with Crippen LogP contribution in [0.1, 0.15) is 38.4 Å². The van der Waals surface area contributed by atoms with Gasteiger partial charge in [-0.25, -0.2) is 4.79 Å². The minimum atomic E-state index is -0.731. The topological polar surface area (TPSA) is 98.9 Å². The fourth-order valence-corrected chi connectivity index (χ4v) is 3.63. The summed E-state index contributed by atoms with van der Waals surface area (Å²) in [4.78, 5) is 43.8. The molecule has 1 amide bonds. The number of nitrogens with one attached hydrogen (secondary N) is 1. The number of rotatable bonds is 7. The third-order valence-electron chi connectivity index (χ3n) is 5.86. The van der Waals surface area contributed by atoms with Gasteiger partial charge in [0.25, 0.3) is 11.5 Å². The molecule has 0 fully saturated rings. The Hall–Kier alpha value is -4.33. The Bertz CT molecular complexity index is 1470. The molecule has 0 aliphatic heterocycles. The fourth-order valence-electron chi connectivity index (χ4n) is 3.63. The van der Waals surface area contributed by atoms with Crippen molar-refractivity contribution in [3.05, 3.63) is 121 Å². The van der Waals surface area contributed by atoms with Gasteiger partial charge in [-0.1, -0.05) is 42.0 Å². The van der Waals surface area contributed by atoms with Gasteiger partial charge in [0.2, 0.25) is 5.69 Å². The van der Waals surface area contributed by atoms with Crippen LogP contribution in [0.3, 0.4) is 0 Å². The first kappa shape index (κ1) is 23.8. The molecule has 178 valence electrons. The van der Waals surface area contributed by atoms with E-state index in [1.165, 1.54) is 0 Å². The Kier molecular flexibility index (Phi) is 7.01. The van der Waals surface area contributed by atoms with Gasteiger partial charge in [-0.05, 0) is 61.7 Å². The monoisotopic (exact) mass is 469 g/mol. The highest BCUT2D eigenvalue weighted by Crippen LogP contribution is 2.12. The molecule has 0 saturated carbocycles. The molecule has 4 rings (SSSR count). The lowest BCUT2D eigenvalue weighted by Crippen LogP contribution is -2.46. The van der Waals surface area contributed by atoms with Crippen molar-refractivity contribution in [3.63, 3.8) is 0 Å². The van der Waals surface area contributed by atoms with E-state index in [1.807, 2.05) is 75.4 Å². The lowest BCUT2D eigenvalue weighted by molar-refractivity contribution is 0.0944. The standard InChI is InChI=1S/C27H27N5O3/c1-18-7-10-21(11-8-18)17-31-26(34)24(25(33)29-15-13-22-6-4-5-14-28-22)30-32(27(31)35)23-12-9-19(2)20(3)16-23/h4-12,14,16H,13,15,17H2,1-3H3,(H,29,33). The predicted molar refractivity (Wildman–Crippen MR) is 134 cm³/mol. The van der Waals surface area contributed by atoms with Crippen LogP contribution in [0.25, 0.3) is 5.69 Å². The van der Waals surface area contributed by atoms with Gasteiger partial charge >= 0.3 is 5.69 Å². The van der Waals surface area contributed by atoms with Gasteiger partial charge < -0.3 is 5.32 Å². The average molecular weight is 470 g/mol. The van der Waals surface area contributed by atoms with Crippen LogP contribution in [0.4, 0.5) is 0 Å². The fraction of sp³-hybridized carbons (Fsp3) is 0.222. The summed E-state index contributed by atoms with van der Waals surface area (Å²) < 4.78 is 2.18. The lowest BCUT2D eigenvalue weighted by atomic mass is 10.1. The second-order valence-electron chi connectivity index (χ2n) is 8.52. The third kappa shape index (κ3) is 5.43. The van der Waals surface area contributed by atoms with Gasteiger partial charge in [0.1, 0.15) is 0 Å². The molecule has 35 heavy (non-hydrogen) atoms. The number of aromatic nitrogens is 4. The second-order valence-corrected chi connectivity index (χ2v) is 8.52. The van der Waals surface area contributed by atoms with Crippen molar-refractivity contribution in [1.82, 2.24) is 24.6 Å². The Labute approximate surface area is 202 Å². The van der Waals surface area contributed by atoms with Crippen molar-refractivity contribution in [2.75, 3.05) is 6.54 Å². The highest BCUT2D eigenvalue weighted by Gasteiger charge is 2.20. The molecule has 8 nitrogen and oxygen atoms in total. The first-order valence-corrected chi connectivity index (χ1v) is 11.4. The van der Waals surface area contributed by atoms with E-state index >= 15 is 0 Å². The third-order valence-corrected chi connectivity index (χ3v) is 5.86. The van der Waals surface area contributed by atoms with E-state index in [9.17, 15) is 14.4 Å². The summed E-state index contributed by atoms with van der Waals surface area (Å²) in [6, 6.07) is 18.5. The van der Waals surface area contributed by atoms with Crippen molar-refractivity contribution in [3.8, 4) is 5.69 Å². The van der Waals surface area contributed by atoms with E-state index in [0.29, 0.717) is 12.1 Å². The Morgan fingerprint density at radius 2 is 1.71 bits per heavy atom. The zero-order valence-corrected chi connectivity index (χ0v) is 20.0. The van der Waals surface area contributed by atoms with Crippen LogP contribution >= 0.6 is 0 Å². The summed E-state index contributed by atoms with van der Waals surface area (Å²) in [7, 11) is 0. The van der Waals surface area contributed by atoms with Crippen LogP contribution in [-0.2, 0) is 13.0 Å². The van der Waals surface area contributed by atoms with E-state index < -0.39 is 17.2 Å². The minimum Gasteiger partial charge on any atom is -0.350 e. The molecule has 2 heterocycles. The molecule has 0 atom stereocenters. The van der Waals surface area contributed by atoms with Crippen LogP contribution in [-0.4, -0.2) is 31.8 Å². The molecule has 0 saturated heterocycles. The zero-order chi connectivity index (χ0) is 24.9. The molecule has 2 aromatic heterocycles. The molecule has 2 aromatic carbocycles. The average Bonchev–Trinajstić information content (AvgIpc) is 2.85. The van der Waals surface area contributed by atoms with Crippen molar-refractivity contribution < 1.29 is 4.79 Å². The van der Waals surface area contributed by atoms with Crippen molar-refractivity contribution in [1.29, 1.82) is 0 Å². The van der Waals surface area contributed by atoms with Gasteiger partial charge in [0, 0.05) is 24.9 Å². The molecule has 8 heteroatoms. The van der Waals surface area contributed by atoms with Crippen molar-refractivity contribution in [2.45, 2.75) is 33.7 Å². The quantitative estimate of drug-likeness (QED) is 0.449. The summed E-state index contributed by atoms with van der Waals surface area (Å²) in [5, 5.41) is 6.93. The first-order valence-electron chi connectivity index (χ1n) is 11.4. The van der Waals surface area contributed by atoms with Gasteiger partial charge in [0.15, 0.2) is 0 Å². The molecule has 0 aliphatic carbocycles. The summed E-state index contributed by atoms with van der Waals surface area (Å²) in [6.07, 6.45) is 2.18. The van der Waals surface area contributed by atoms with Crippen LogP contribution in [0.2, 0.25) is 0 Å². The molecule has 0 spiro atoms. The maximum atomic E-state index is 13.4. The molecule has 0 bridgehead atoms. The summed E-state index contributed by atoms with van der Waals surface area (Å²) in [6.45, 7) is 6.16. The number of aryl methyl sites for hydroxylation is 3. The molecule has 0 aliphatic rings. The number of amides is 1. The van der Waals surface area contributed by atoms with Crippen LogP contribution in [0.15, 0.2) is 76.4 Å². The van der Waals surface area contributed by atoms with Gasteiger partial charge in [0.05, 0.1) is 12.2 Å². The van der Waals surface area contributed by atoms with E-state index in [0.717, 1.165) is 37.2 Å². The normalized spacial score (nSPS) is 10.8. The van der Waals surface area contributed by atoms with Crippen LogP contribution in [0, 0.1) is 20.8 Å². The molecule has 1 N–H and O–H groups in total.